The van der Waals surface area contributed by atoms with Gasteiger partial charge in [0.25, 0.3) is 0 Å². The molecule has 5 heteroatoms. The van der Waals surface area contributed by atoms with Gasteiger partial charge in [-0.05, 0) is 44.7 Å². The van der Waals surface area contributed by atoms with E-state index in [1.165, 1.54) is 0 Å². The highest BCUT2D eigenvalue weighted by molar-refractivity contribution is 5.83. The van der Waals surface area contributed by atoms with Crippen LogP contribution in [0.3, 0.4) is 0 Å². The molecule has 164 valence electrons. The number of carboxylic acid groups (broad SMARTS) is 1. The number of carbonyl (C=O) groups excluding carboxylic acids is 2. The van der Waals surface area contributed by atoms with Crippen LogP contribution in [0.1, 0.15) is 35.1 Å². The molecule has 0 spiro atoms. The fourth-order valence-corrected chi connectivity index (χ4v) is 4.63. The van der Waals surface area contributed by atoms with Gasteiger partial charge in [0, 0.05) is 18.3 Å². The van der Waals surface area contributed by atoms with Gasteiger partial charge in [-0.3, -0.25) is 0 Å². The summed E-state index contributed by atoms with van der Waals surface area (Å²) in [5, 5.41) is 16.1. The van der Waals surface area contributed by atoms with Crippen LogP contribution in [0.2, 0.25) is 0 Å². The molecule has 1 aliphatic carbocycles. The number of alkyl carbamates (subject to hydrolysis) is 1. The Bertz CT molecular complexity index is 1300. The summed E-state index contributed by atoms with van der Waals surface area (Å²) in [6.07, 6.45) is -1.00. The van der Waals surface area contributed by atoms with Gasteiger partial charge in [-0.25, -0.2) is 4.79 Å². The summed E-state index contributed by atoms with van der Waals surface area (Å²) in [4.78, 5) is 24.1. The Balaban J connectivity index is 1.33. The van der Waals surface area contributed by atoms with Crippen LogP contribution >= 0.6 is 0 Å². The summed E-state index contributed by atoms with van der Waals surface area (Å²) in [5.74, 6) is -1.31. The van der Waals surface area contributed by atoms with Gasteiger partial charge in [0.15, 0.2) is 0 Å². The summed E-state index contributed by atoms with van der Waals surface area (Å²) in [5.41, 5.74) is 5.22. The molecule has 0 bridgehead atoms. The number of hydrogen-bond donors (Lipinski definition) is 1. The van der Waals surface area contributed by atoms with E-state index < -0.39 is 18.1 Å². The van der Waals surface area contributed by atoms with Crippen molar-refractivity contribution in [2.24, 2.45) is 0 Å². The number of amides is 1. The van der Waals surface area contributed by atoms with Gasteiger partial charge in [-0.15, -0.1) is 0 Å². The Morgan fingerprint density at radius 2 is 1.42 bits per heavy atom. The van der Waals surface area contributed by atoms with E-state index in [4.69, 9.17) is 4.74 Å². The van der Waals surface area contributed by atoms with Crippen molar-refractivity contribution in [3.63, 3.8) is 0 Å². The van der Waals surface area contributed by atoms with Gasteiger partial charge in [-0.2, -0.15) is 0 Å². The molecule has 5 rings (SSSR count). The molecule has 4 aromatic carbocycles. The van der Waals surface area contributed by atoms with Crippen molar-refractivity contribution in [1.82, 2.24) is 5.32 Å². The fraction of sp³-hybridized carbons (Fsp3) is 0.143. The first kappa shape index (κ1) is 20.8. The molecule has 1 aliphatic rings. The molecule has 0 radical (unpaired) electrons. The number of rotatable bonds is 6. The Labute approximate surface area is 191 Å². The number of hydrogen-bond acceptors (Lipinski definition) is 4. The highest BCUT2D eigenvalue weighted by atomic mass is 16.5. The second kappa shape index (κ2) is 8.79. The topological polar surface area (TPSA) is 78.5 Å². The van der Waals surface area contributed by atoms with Crippen LogP contribution < -0.4 is 10.4 Å². The first-order valence-electron chi connectivity index (χ1n) is 10.9. The molecule has 0 heterocycles. The molecule has 33 heavy (non-hydrogen) atoms. The van der Waals surface area contributed by atoms with Crippen molar-refractivity contribution in [1.29, 1.82) is 0 Å². The van der Waals surface area contributed by atoms with E-state index in [1.54, 1.807) is 0 Å². The van der Waals surface area contributed by atoms with Crippen molar-refractivity contribution < 1.29 is 19.4 Å². The van der Waals surface area contributed by atoms with E-state index in [0.29, 0.717) is 5.56 Å². The molecule has 0 unspecified atom stereocenters. The summed E-state index contributed by atoms with van der Waals surface area (Å²) in [7, 11) is 0. The molecule has 0 saturated heterocycles. The minimum atomic E-state index is -1.24. The van der Waals surface area contributed by atoms with Crippen LogP contribution in [0.4, 0.5) is 4.79 Å². The lowest BCUT2D eigenvalue weighted by Gasteiger charge is -2.21. The van der Waals surface area contributed by atoms with E-state index in [2.05, 4.69) is 29.6 Å². The third-order valence-electron chi connectivity index (χ3n) is 6.18. The number of benzene rings is 4. The van der Waals surface area contributed by atoms with Crippen molar-refractivity contribution in [3.8, 4) is 11.1 Å². The van der Waals surface area contributed by atoms with Gasteiger partial charge >= 0.3 is 6.09 Å². The molecule has 1 N–H and O–H groups in total. The smallest absolute Gasteiger partial charge is 0.407 e. The van der Waals surface area contributed by atoms with Gasteiger partial charge < -0.3 is 20.0 Å². The normalized spacial score (nSPS) is 13.2. The second-order valence-electron chi connectivity index (χ2n) is 8.21. The lowest BCUT2D eigenvalue weighted by molar-refractivity contribution is -0.306. The minimum absolute atomic E-state index is 0.0663. The van der Waals surface area contributed by atoms with Gasteiger partial charge in [0.2, 0.25) is 0 Å². The van der Waals surface area contributed by atoms with Crippen molar-refractivity contribution in [2.45, 2.75) is 18.4 Å². The Kier molecular flexibility index (Phi) is 5.53. The summed E-state index contributed by atoms with van der Waals surface area (Å²) < 4.78 is 5.60. The average molecular weight is 436 g/mol. The van der Waals surface area contributed by atoms with E-state index in [-0.39, 0.29) is 18.9 Å². The van der Waals surface area contributed by atoms with Crippen molar-refractivity contribution >= 4 is 22.8 Å². The monoisotopic (exact) mass is 436 g/mol. The highest BCUT2D eigenvalue weighted by Crippen LogP contribution is 2.44. The Hall–Kier alpha value is -4.12. The minimum Gasteiger partial charge on any atom is -0.550 e. The number of fused-ring (bicyclic) bond motifs is 4. The SMILES string of the molecule is O=C([O-])C[C@@H](NC(=O)OCC1c2ccccc2-c2ccccc21)c1ccc2ccccc2c1. The zero-order valence-corrected chi connectivity index (χ0v) is 17.9. The maximum atomic E-state index is 12.7. The van der Waals surface area contributed by atoms with E-state index in [9.17, 15) is 14.7 Å². The standard InChI is InChI=1S/C28H23NO4/c30-27(31)16-26(20-14-13-18-7-1-2-8-19(18)15-20)29-28(32)33-17-25-23-11-5-3-9-21(23)22-10-4-6-12-24(22)25/h1-15,25-26H,16-17H2,(H,29,32)(H,30,31)/p-1/t26-/m1/s1. The lowest BCUT2D eigenvalue weighted by Crippen LogP contribution is -2.35. The zero-order chi connectivity index (χ0) is 22.8. The predicted octanol–water partition coefficient (Wildman–Crippen LogP) is 4.56. The van der Waals surface area contributed by atoms with Gasteiger partial charge in [0.1, 0.15) is 6.61 Å². The molecule has 0 aliphatic heterocycles. The highest BCUT2D eigenvalue weighted by Gasteiger charge is 2.29. The molecule has 0 fully saturated rings. The van der Waals surface area contributed by atoms with Gasteiger partial charge in [0.05, 0.1) is 6.04 Å². The van der Waals surface area contributed by atoms with Crippen LogP contribution in [0.15, 0.2) is 91.0 Å². The van der Waals surface area contributed by atoms with Crippen molar-refractivity contribution in [3.05, 3.63) is 108 Å². The van der Waals surface area contributed by atoms with E-state index in [0.717, 1.165) is 33.0 Å². The zero-order valence-electron chi connectivity index (χ0n) is 17.9. The predicted molar refractivity (Wildman–Crippen MR) is 125 cm³/mol. The average Bonchev–Trinajstić information content (AvgIpc) is 3.15. The molecule has 5 nitrogen and oxygen atoms in total. The number of nitrogens with one attached hydrogen (secondary N) is 1. The first-order chi connectivity index (χ1) is 16.1. The molecule has 0 aromatic heterocycles. The molecule has 1 atom stereocenters. The molecule has 4 aromatic rings. The summed E-state index contributed by atoms with van der Waals surface area (Å²) in [6.45, 7) is 0.162. The second-order valence-corrected chi connectivity index (χ2v) is 8.21. The summed E-state index contributed by atoms with van der Waals surface area (Å²) >= 11 is 0. The number of carbonyl (C=O) groups is 2. The largest absolute Gasteiger partial charge is 0.550 e. The number of aliphatic carboxylic acids is 1. The maximum Gasteiger partial charge on any atom is 0.407 e. The fourth-order valence-electron chi connectivity index (χ4n) is 4.63. The van der Waals surface area contributed by atoms with E-state index in [1.807, 2.05) is 66.7 Å². The Morgan fingerprint density at radius 1 is 0.818 bits per heavy atom. The quantitative estimate of drug-likeness (QED) is 0.481. The van der Waals surface area contributed by atoms with Crippen LogP contribution in [-0.4, -0.2) is 18.7 Å². The third-order valence-corrected chi connectivity index (χ3v) is 6.18. The van der Waals surface area contributed by atoms with E-state index >= 15 is 0 Å². The van der Waals surface area contributed by atoms with Gasteiger partial charge in [-0.1, -0.05) is 84.9 Å². The molecular formula is C28H22NO4-. The van der Waals surface area contributed by atoms with Crippen LogP contribution in [-0.2, 0) is 9.53 Å². The number of ether oxygens (including phenoxy) is 1. The number of carboxylic acids is 1. The third kappa shape index (κ3) is 4.17. The lowest BCUT2D eigenvalue weighted by atomic mass is 9.98. The van der Waals surface area contributed by atoms with Crippen LogP contribution in [0, 0.1) is 0 Å². The summed E-state index contributed by atoms with van der Waals surface area (Å²) in [6, 6.07) is 28.8. The molecule has 0 saturated carbocycles. The maximum absolute atomic E-state index is 12.7. The van der Waals surface area contributed by atoms with Crippen LogP contribution in [0.25, 0.3) is 21.9 Å². The first-order valence-corrected chi connectivity index (χ1v) is 10.9. The molecule has 1 amide bonds. The molecular weight excluding hydrogens is 414 g/mol. The Morgan fingerprint density at radius 3 is 2.09 bits per heavy atom. The van der Waals surface area contributed by atoms with Crippen molar-refractivity contribution in [2.75, 3.05) is 6.61 Å². The van der Waals surface area contributed by atoms with Crippen LogP contribution in [0.5, 0.6) is 0 Å².